The Morgan fingerprint density at radius 3 is 2.11 bits per heavy atom. The molecule has 0 aliphatic heterocycles. The molecule has 0 aliphatic carbocycles. The molecular formula is C27H43N3O6. The second-order valence-electron chi connectivity index (χ2n) is 10.2. The standard InChI is InChI=1S/C27H43N3O6/c1-9-15-30(25(33)21(16-18(3)4)29-26(34)36-27(5,6)7)23(24(32)28-17-22(31)35-8)20-13-11-19(10-2)12-14-20/h11-14,18,21,23H,9-10,15-17H2,1-8H3,(H,28,32)(H,29,34). The lowest BCUT2D eigenvalue weighted by molar-refractivity contribution is -0.145. The Hall–Kier alpha value is -3.10. The number of ether oxygens (including phenoxy) is 2. The van der Waals surface area contributed by atoms with Crippen molar-refractivity contribution in [1.82, 2.24) is 15.5 Å². The number of carbonyl (C=O) groups is 4. The molecule has 0 fully saturated rings. The van der Waals surface area contributed by atoms with Crippen LogP contribution >= 0.6 is 0 Å². The molecule has 0 bridgehead atoms. The molecule has 0 saturated carbocycles. The van der Waals surface area contributed by atoms with Crippen LogP contribution in [0.4, 0.5) is 4.79 Å². The summed E-state index contributed by atoms with van der Waals surface area (Å²) < 4.78 is 10.0. The van der Waals surface area contributed by atoms with Crippen LogP contribution < -0.4 is 10.6 Å². The summed E-state index contributed by atoms with van der Waals surface area (Å²) in [5, 5.41) is 5.29. The van der Waals surface area contributed by atoms with E-state index in [9.17, 15) is 19.2 Å². The summed E-state index contributed by atoms with van der Waals surface area (Å²) in [5.41, 5.74) is 0.970. The predicted octanol–water partition coefficient (Wildman–Crippen LogP) is 3.76. The van der Waals surface area contributed by atoms with Crippen molar-refractivity contribution < 1.29 is 28.7 Å². The summed E-state index contributed by atoms with van der Waals surface area (Å²) in [6.45, 7) is 13.0. The van der Waals surface area contributed by atoms with Crippen LogP contribution in [0.25, 0.3) is 0 Å². The molecule has 36 heavy (non-hydrogen) atoms. The van der Waals surface area contributed by atoms with Crippen LogP contribution in [0.1, 0.15) is 78.5 Å². The topological polar surface area (TPSA) is 114 Å². The number of carbonyl (C=O) groups excluding carboxylic acids is 4. The molecule has 9 nitrogen and oxygen atoms in total. The number of hydrogen-bond donors (Lipinski definition) is 2. The number of amides is 3. The van der Waals surface area contributed by atoms with Crippen molar-refractivity contribution in [2.45, 2.75) is 85.4 Å². The zero-order valence-electron chi connectivity index (χ0n) is 23.0. The van der Waals surface area contributed by atoms with E-state index < -0.39 is 41.6 Å². The number of alkyl carbamates (subject to hydrolysis) is 1. The number of methoxy groups -OCH3 is 1. The third-order valence-corrected chi connectivity index (χ3v) is 5.34. The largest absolute Gasteiger partial charge is 0.468 e. The Morgan fingerprint density at radius 1 is 1.03 bits per heavy atom. The number of aryl methyl sites for hydroxylation is 1. The van der Waals surface area contributed by atoms with Gasteiger partial charge in [0.25, 0.3) is 0 Å². The third-order valence-electron chi connectivity index (χ3n) is 5.34. The maximum atomic E-state index is 13.9. The summed E-state index contributed by atoms with van der Waals surface area (Å²) in [5.74, 6) is -1.41. The van der Waals surface area contributed by atoms with Gasteiger partial charge >= 0.3 is 12.1 Å². The van der Waals surface area contributed by atoms with Gasteiger partial charge in [0.05, 0.1) is 7.11 Å². The van der Waals surface area contributed by atoms with E-state index in [1.54, 1.807) is 20.8 Å². The van der Waals surface area contributed by atoms with Gasteiger partial charge in [-0.25, -0.2) is 4.79 Å². The number of esters is 1. The number of nitrogens with zero attached hydrogens (tertiary/aromatic N) is 1. The lowest BCUT2D eigenvalue weighted by Gasteiger charge is -2.34. The van der Waals surface area contributed by atoms with Gasteiger partial charge in [-0.2, -0.15) is 0 Å². The van der Waals surface area contributed by atoms with Crippen LogP contribution in [0.2, 0.25) is 0 Å². The van der Waals surface area contributed by atoms with E-state index in [0.717, 1.165) is 12.0 Å². The summed E-state index contributed by atoms with van der Waals surface area (Å²) in [7, 11) is 1.24. The van der Waals surface area contributed by atoms with Crippen LogP contribution in [-0.2, 0) is 30.3 Å². The Bertz CT molecular complexity index is 876. The van der Waals surface area contributed by atoms with Crippen molar-refractivity contribution in [3.8, 4) is 0 Å². The fourth-order valence-electron chi connectivity index (χ4n) is 3.69. The van der Waals surface area contributed by atoms with Gasteiger partial charge < -0.3 is 25.0 Å². The Labute approximate surface area is 215 Å². The van der Waals surface area contributed by atoms with E-state index in [1.807, 2.05) is 52.0 Å². The predicted molar refractivity (Wildman–Crippen MR) is 138 cm³/mol. The number of nitrogens with one attached hydrogen (secondary N) is 2. The van der Waals surface area contributed by atoms with E-state index >= 15 is 0 Å². The van der Waals surface area contributed by atoms with Gasteiger partial charge in [-0.1, -0.05) is 52.0 Å². The zero-order valence-corrected chi connectivity index (χ0v) is 23.0. The third kappa shape index (κ3) is 10.3. The normalized spacial score (nSPS) is 12.9. The van der Waals surface area contributed by atoms with Gasteiger partial charge in [0.15, 0.2) is 0 Å². The average molecular weight is 506 g/mol. The fourth-order valence-corrected chi connectivity index (χ4v) is 3.69. The molecular weight excluding hydrogens is 462 g/mol. The number of benzene rings is 1. The molecule has 0 aromatic heterocycles. The summed E-state index contributed by atoms with van der Waals surface area (Å²) in [6, 6.07) is 5.57. The van der Waals surface area contributed by atoms with Crippen molar-refractivity contribution in [3.05, 3.63) is 35.4 Å². The minimum atomic E-state index is -0.997. The maximum Gasteiger partial charge on any atom is 0.408 e. The molecule has 1 rings (SSSR count). The smallest absolute Gasteiger partial charge is 0.408 e. The molecule has 0 radical (unpaired) electrons. The molecule has 3 amide bonds. The minimum absolute atomic E-state index is 0.0906. The van der Waals surface area contributed by atoms with E-state index in [0.29, 0.717) is 18.4 Å². The Morgan fingerprint density at radius 2 is 1.64 bits per heavy atom. The highest BCUT2D eigenvalue weighted by molar-refractivity contribution is 5.93. The van der Waals surface area contributed by atoms with Gasteiger partial charge in [0.1, 0.15) is 24.2 Å². The monoisotopic (exact) mass is 505 g/mol. The van der Waals surface area contributed by atoms with Crippen molar-refractivity contribution in [1.29, 1.82) is 0 Å². The van der Waals surface area contributed by atoms with Crippen LogP contribution in [0.5, 0.6) is 0 Å². The van der Waals surface area contributed by atoms with Crippen molar-refractivity contribution in [2.75, 3.05) is 20.2 Å². The fraction of sp³-hybridized carbons (Fsp3) is 0.630. The van der Waals surface area contributed by atoms with E-state index in [-0.39, 0.29) is 19.0 Å². The highest BCUT2D eigenvalue weighted by Gasteiger charge is 2.36. The van der Waals surface area contributed by atoms with Gasteiger partial charge in [-0.05, 0) is 57.1 Å². The first-order chi connectivity index (χ1) is 16.8. The molecule has 0 heterocycles. The van der Waals surface area contributed by atoms with Crippen LogP contribution in [0.3, 0.4) is 0 Å². The van der Waals surface area contributed by atoms with Crippen LogP contribution in [0, 0.1) is 5.92 Å². The quantitative estimate of drug-likeness (QED) is 0.418. The zero-order chi connectivity index (χ0) is 27.5. The Balaban J connectivity index is 3.42. The SMILES string of the molecule is CCCN(C(=O)C(CC(C)C)NC(=O)OC(C)(C)C)C(C(=O)NCC(=O)OC)c1ccc(CC)cc1. The molecule has 0 spiro atoms. The lowest BCUT2D eigenvalue weighted by Crippen LogP contribution is -2.53. The van der Waals surface area contributed by atoms with E-state index in [2.05, 4.69) is 15.4 Å². The first-order valence-corrected chi connectivity index (χ1v) is 12.6. The highest BCUT2D eigenvalue weighted by atomic mass is 16.6. The number of rotatable bonds is 12. The molecule has 202 valence electrons. The van der Waals surface area contributed by atoms with Gasteiger partial charge in [0.2, 0.25) is 11.8 Å². The van der Waals surface area contributed by atoms with Gasteiger partial charge in [0, 0.05) is 6.54 Å². The molecule has 0 saturated heterocycles. The van der Waals surface area contributed by atoms with Crippen LogP contribution in [-0.4, -0.2) is 60.6 Å². The minimum Gasteiger partial charge on any atom is -0.468 e. The number of hydrogen-bond acceptors (Lipinski definition) is 6. The van der Waals surface area contributed by atoms with Gasteiger partial charge in [-0.15, -0.1) is 0 Å². The molecule has 9 heteroatoms. The van der Waals surface area contributed by atoms with Crippen molar-refractivity contribution >= 4 is 23.9 Å². The Kier molecular flexibility index (Phi) is 12.4. The molecule has 0 aliphatic rings. The molecule has 1 aromatic carbocycles. The van der Waals surface area contributed by atoms with E-state index in [1.165, 1.54) is 12.0 Å². The second-order valence-corrected chi connectivity index (χ2v) is 10.2. The van der Waals surface area contributed by atoms with Crippen molar-refractivity contribution in [2.24, 2.45) is 5.92 Å². The van der Waals surface area contributed by atoms with Crippen LogP contribution in [0.15, 0.2) is 24.3 Å². The first-order valence-electron chi connectivity index (χ1n) is 12.6. The van der Waals surface area contributed by atoms with Gasteiger partial charge in [-0.3, -0.25) is 14.4 Å². The summed E-state index contributed by atoms with van der Waals surface area (Å²) >= 11 is 0. The maximum absolute atomic E-state index is 13.9. The molecule has 2 N–H and O–H groups in total. The van der Waals surface area contributed by atoms with Crippen molar-refractivity contribution in [3.63, 3.8) is 0 Å². The first kappa shape index (κ1) is 30.9. The molecule has 2 unspecified atom stereocenters. The lowest BCUT2D eigenvalue weighted by atomic mass is 9.98. The average Bonchev–Trinajstić information content (AvgIpc) is 2.80. The molecule has 1 aromatic rings. The highest BCUT2D eigenvalue weighted by Crippen LogP contribution is 2.25. The van der Waals surface area contributed by atoms with E-state index in [4.69, 9.17) is 4.74 Å². The second kappa shape index (κ2) is 14.5. The summed E-state index contributed by atoms with van der Waals surface area (Å²) in [6.07, 6.45) is 1.08. The summed E-state index contributed by atoms with van der Waals surface area (Å²) in [4.78, 5) is 53.0. The molecule has 2 atom stereocenters.